The summed E-state index contributed by atoms with van der Waals surface area (Å²) in [5.74, 6) is 0.0513. The molecule has 0 amide bonds. The minimum atomic E-state index is 0.0513. The van der Waals surface area contributed by atoms with Crippen LogP contribution in [0.2, 0.25) is 5.15 Å². The lowest BCUT2D eigenvalue weighted by Crippen LogP contribution is -2.04. The summed E-state index contributed by atoms with van der Waals surface area (Å²) in [4.78, 5) is 15.9. The summed E-state index contributed by atoms with van der Waals surface area (Å²) < 4.78 is 0. The Bertz CT molecular complexity index is 534. The molecular weight excluding hydrogens is 246 g/mol. The zero-order chi connectivity index (χ0) is 13.4. The van der Waals surface area contributed by atoms with Crippen molar-refractivity contribution in [2.75, 3.05) is 0 Å². The van der Waals surface area contributed by atoms with Gasteiger partial charge >= 0.3 is 0 Å². The Labute approximate surface area is 112 Å². The fraction of sp³-hybridized carbons (Fsp3) is 0.0667. The SMILES string of the molecule is C#C.O=C(Cc1cccc(Cl)n1)c1ccccc1. The van der Waals surface area contributed by atoms with E-state index in [-0.39, 0.29) is 12.2 Å². The van der Waals surface area contributed by atoms with Crippen LogP contribution in [0.5, 0.6) is 0 Å². The largest absolute Gasteiger partial charge is 0.294 e. The van der Waals surface area contributed by atoms with Crippen molar-refractivity contribution in [3.63, 3.8) is 0 Å². The first-order valence-corrected chi connectivity index (χ1v) is 5.66. The van der Waals surface area contributed by atoms with Crippen LogP contribution in [-0.2, 0) is 6.42 Å². The molecule has 0 aliphatic carbocycles. The Balaban J connectivity index is 0.000000771. The minimum Gasteiger partial charge on any atom is -0.294 e. The van der Waals surface area contributed by atoms with Gasteiger partial charge in [0.1, 0.15) is 5.15 Å². The van der Waals surface area contributed by atoms with Gasteiger partial charge in [-0.15, -0.1) is 12.8 Å². The van der Waals surface area contributed by atoms with Gasteiger partial charge in [-0.25, -0.2) is 4.98 Å². The summed E-state index contributed by atoms with van der Waals surface area (Å²) in [7, 11) is 0. The predicted molar refractivity (Wildman–Crippen MR) is 73.6 cm³/mol. The van der Waals surface area contributed by atoms with E-state index in [1.165, 1.54) is 0 Å². The maximum absolute atomic E-state index is 11.8. The normalized spacial score (nSPS) is 9.06. The number of nitrogens with zero attached hydrogens (tertiary/aromatic N) is 1. The van der Waals surface area contributed by atoms with Crippen LogP contribution in [0.25, 0.3) is 0 Å². The monoisotopic (exact) mass is 257 g/mol. The minimum absolute atomic E-state index is 0.0513. The van der Waals surface area contributed by atoms with Crippen molar-refractivity contribution in [2.45, 2.75) is 6.42 Å². The molecule has 2 aromatic rings. The van der Waals surface area contributed by atoms with Gasteiger partial charge < -0.3 is 0 Å². The van der Waals surface area contributed by atoms with Crippen LogP contribution in [0.4, 0.5) is 0 Å². The molecule has 0 atom stereocenters. The lowest BCUT2D eigenvalue weighted by molar-refractivity contribution is 0.0992. The molecule has 90 valence electrons. The molecule has 1 heterocycles. The number of pyridine rings is 1. The molecule has 0 saturated heterocycles. The lowest BCUT2D eigenvalue weighted by atomic mass is 10.1. The molecule has 0 radical (unpaired) electrons. The third-order valence-electron chi connectivity index (χ3n) is 2.21. The van der Waals surface area contributed by atoms with E-state index in [1.54, 1.807) is 30.3 Å². The highest BCUT2D eigenvalue weighted by molar-refractivity contribution is 6.29. The van der Waals surface area contributed by atoms with Gasteiger partial charge in [-0.1, -0.05) is 48.0 Å². The smallest absolute Gasteiger partial charge is 0.168 e. The molecule has 0 spiro atoms. The maximum atomic E-state index is 11.8. The van der Waals surface area contributed by atoms with Crippen LogP contribution in [0.3, 0.4) is 0 Å². The molecule has 0 N–H and O–H groups in total. The summed E-state index contributed by atoms with van der Waals surface area (Å²) in [6.07, 6.45) is 8.28. The van der Waals surface area contributed by atoms with Crippen molar-refractivity contribution in [3.05, 3.63) is 64.9 Å². The first-order chi connectivity index (χ1) is 8.75. The van der Waals surface area contributed by atoms with Crippen molar-refractivity contribution in [1.29, 1.82) is 0 Å². The average molecular weight is 258 g/mol. The number of Topliss-reactive ketones (excluding diaryl/α,β-unsaturated/α-hetero) is 1. The van der Waals surface area contributed by atoms with E-state index in [1.807, 2.05) is 18.2 Å². The number of hydrogen-bond donors (Lipinski definition) is 0. The van der Waals surface area contributed by atoms with Crippen molar-refractivity contribution in [2.24, 2.45) is 0 Å². The zero-order valence-corrected chi connectivity index (χ0v) is 10.5. The Hall–Kier alpha value is -2.11. The van der Waals surface area contributed by atoms with Crippen LogP contribution in [0.1, 0.15) is 16.1 Å². The molecule has 18 heavy (non-hydrogen) atoms. The first kappa shape index (κ1) is 14.0. The highest BCUT2D eigenvalue weighted by Gasteiger charge is 2.07. The van der Waals surface area contributed by atoms with Crippen LogP contribution >= 0.6 is 11.6 Å². The molecule has 0 fully saturated rings. The number of aromatic nitrogens is 1. The Morgan fingerprint density at radius 2 is 1.72 bits per heavy atom. The summed E-state index contributed by atoms with van der Waals surface area (Å²) in [5, 5.41) is 0.415. The van der Waals surface area contributed by atoms with Gasteiger partial charge in [0.25, 0.3) is 0 Å². The number of carbonyl (C=O) groups excluding carboxylic acids is 1. The van der Waals surface area contributed by atoms with Crippen LogP contribution in [0, 0.1) is 12.8 Å². The Morgan fingerprint density at radius 3 is 2.33 bits per heavy atom. The average Bonchev–Trinajstić information content (AvgIpc) is 2.42. The summed E-state index contributed by atoms with van der Waals surface area (Å²) in [5.41, 5.74) is 1.39. The van der Waals surface area contributed by atoms with Gasteiger partial charge in [-0.3, -0.25) is 4.79 Å². The topological polar surface area (TPSA) is 30.0 Å². The van der Waals surface area contributed by atoms with Crippen LogP contribution in [-0.4, -0.2) is 10.8 Å². The molecule has 0 aliphatic heterocycles. The third-order valence-corrected chi connectivity index (χ3v) is 2.42. The highest BCUT2D eigenvalue weighted by Crippen LogP contribution is 2.09. The molecule has 1 aromatic carbocycles. The van der Waals surface area contributed by atoms with E-state index in [2.05, 4.69) is 17.8 Å². The van der Waals surface area contributed by atoms with Gasteiger partial charge in [0.05, 0.1) is 6.42 Å². The van der Waals surface area contributed by atoms with Crippen LogP contribution < -0.4 is 0 Å². The third kappa shape index (κ3) is 4.04. The zero-order valence-electron chi connectivity index (χ0n) is 9.71. The second-order valence-electron chi connectivity index (χ2n) is 3.42. The molecule has 0 bridgehead atoms. The Kier molecular flexibility index (Phi) is 5.63. The number of terminal acetylenes is 1. The fourth-order valence-corrected chi connectivity index (χ4v) is 1.62. The molecule has 0 saturated carbocycles. The van der Waals surface area contributed by atoms with Gasteiger partial charge in [0.2, 0.25) is 0 Å². The van der Waals surface area contributed by atoms with E-state index in [4.69, 9.17) is 11.6 Å². The standard InChI is InChI=1S/C13H10ClNO.C2H2/c14-13-8-4-7-11(15-13)9-12(16)10-5-2-1-3-6-10;1-2/h1-8H,9H2;1-2H. The number of hydrogen-bond acceptors (Lipinski definition) is 2. The second-order valence-corrected chi connectivity index (χ2v) is 3.80. The van der Waals surface area contributed by atoms with E-state index >= 15 is 0 Å². The van der Waals surface area contributed by atoms with Crippen molar-refractivity contribution in [3.8, 4) is 12.8 Å². The number of halogens is 1. The lowest BCUT2D eigenvalue weighted by Gasteiger charge is -2.00. The number of carbonyl (C=O) groups is 1. The van der Waals surface area contributed by atoms with Crippen molar-refractivity contribution >= 4 is 17.4 Å². The Morgan fingerprint density at radius 1 is 1.06 bits per heavy atom. The molecule has 2 rings (SSSR count). The molecular formula is C15H12ClNO. The van der Waals surface area contributed by atoms with Gasteiger partial charge in [-0.2, -0.15) is 0 Å². The summed E-state index contributed by atoms with van der Waals surface area (Å²) in [6, 6.07) is 14.5. The molecule has 2 nitrogen and oxygen atoms in total. The number of benzene rings is 1. The fourth-order valence-electron chi connectivity index (χ4n) is 1.44. The number of rotatable bonds is 3. The van der Waals surface area contributed by atoms with E-state index in [0.717, 1.165) is 0 Å². The molecule has 0 aliphatic rings. The first-order valence-electron chi connectivity index (χ1n) is 5.29. The highest BCUT2D eigenvalue weighted by atomic mass is 35.5. The van der Waals surface area contributed by atoms with E-state index in [0.29, 0.717) is 16.4 Å². The second kappa shape index (κ2) is 7.26. The summed E-state index contributed by atoms with van der Waals surface area (Å²) in [6.45, 7) is 0. The molecule has 0 unspecified atom stereocenters. The maximum Gasteiger partial charge on any atom is 0.168 e. The van der Waals surface area contributed by atoms with Crippen molar-refractivity contribution < 1.29 is 4.79 Å². The number of ketones is 1. The van der Waals surface area contributed by atoms with Crippen molar-refractivity contribution in [1.82, 2.24) is 4.98 Å². The molecule has 3 heteroatoms. The predicted octanol–water partition coefficient (Wildman–Crippen LogP) is 3.41. The van der Waals surface area contributed by atoms with E-state index in [9.17, 15) is 4.79 Å². The van der Waals surface area contributed by atoms with Crippen LogP contribution in [0.15, 0.2) is 48.5 Å². The van der Waals surface area contributed by atoms with Gasteiger partial charge in [0.15, 0.2) is 5.78 Å². The van der Waals surface area contributed by atoms with E-state index < -0.39 is 0 Å². The van der Waals surface area contributed by atoms with Gasteiger partial charge in [0, 0.05) is 11.3 Å². The van der Waals surface area contributed by atoms with Gasteiger partial charge in [-0.05, 0) is 12.1 Å². The molecule has 1 aromatic heterocycles. The summed E-state index contributed by atoms with van der Waals surface area (Å²) >= 11 is 5.75. The quantitative estimate of drug-likeness (QED) is 0.479.